The quantitative estimate of drug-likeness (QED) is 0.628. The smallest absolute Gasteiger partial charge is 0.193 e. The van der Waals surface area contributed by atoms with Gasteiger partial charge in [-0.15, -0.1) is 28.3 Å². The van der Waals surface area contributed by atoms with Gasteiger partial charge < -0.3 is 16.0 Å². The number of nitrogens with one attached hydrogen (secondary N) is 1. The Morgan fingerprint density at radius 1 is 1.24 bits per heavy atom. The number of likely N-dealkylation sites (N-methyl/N-ethyl adjacent to an activating group) is 1. The van der Waals surface area contributed by atoms with E-state index in [0.717, 1.165) is 5.69 Å². The van der Waals surface area contributed by atoms with Crippen LogP contribution in [-0.4, -0.2) is 31.5 Å². The molecule has 0 saturated carbocycles. The van der Waals surface area contributed by atoms with E-state index in [1.165, 1.54) is 4.88 Å². The van der Waals surface area contributed by atoms with Gasteiger partial charge in [0.15, 0.2) is 5.96 Å². The van der Waals surface area contributed by atoms with Gasteiger partial charge in [0.05, 0.1) is 12.6 Å². The first-order valence-electron chi connectivity index (χ1n) is 6.48. The highest BCUT2D eigenvalue weighted by Crippen LogP contribution is 2.23. The fraction of sp³-hybridized carbons (Fsp3) is 0.267. The summed E-state index contributed by atoms with van der Waals surface area (Å²) in [5, 5.41) is 5.18. The zero-order valence-corrected chi connectivity index (χ0v) is 14.7. The molecule has 1 aromatic carbocycles. The minimum absolute atomic E-state index is 0. The molecule has 1 unspecified atom stereocenters. The van der Waals surface area contributed by atoms with Crippen LogP contribution in [0.3, 0.4) is 0 Å². The number of aliphatic imine (C=N–C) groups is 1. The van der Waals surface area contributed by atoms with Crippen LogP contribution in [0.5, 0.6) is 0 Å². The van der Waals surface area contributed by atoms with Crippen LogP contribution in [0.4, 0.5) is 5.69 Å². The molecule has 3 N–H and O–H groups in total. The summed E-state index contributed by atoms with van der Waals surface area (Å²) in [6.07, 6.45) is 0. The Morgan fingerprint density at radius 2 is 1.95 bits per heavy atom. The van der Waals surface area contributed by atoms with Gasteiger partial charge in [0.2, 0.25) is 0 Å². The number of halogens is 1. The summed E-state index contributed by atoms with van der Waals surface area (Å²) in [6.45, 7) is 0.638. The number of hydrogen-bond acceptors (Lipinski definition) is 3. The van der Waals surface area contributed by atoms with Crippen LogP contribution in [0, 0.1) is 0 Å². The van der Waals surface area contributed by atoms with E-state index in [2.05, 4.69) is 46.8 Å². The highest BCUT2D eigenvalue weighted by molar-refractivity contribution is 8.93. The Bertz CT molecular complexity index is 540. The van der Waals surface area contributed by atoms with Gasteiger partial charge in [0, 0.05) is 10.6 Å². The second-order valence-electron chi connectivity index (χ2n) is 4.71. The van der Waals surface area contributed by atoms with E-state index in [4.69, 9.17) is 5.73 Å². The molecule has 0 fully saturated rings. The van der Waals surface area contributed by atoms with Gasteiger partial charge in [0.1, 0.15) is 0 Å². The molecule has 21 heavy (non-hydrogen) atoms. The van der Waals surface area contributed by atoms with Crippen molar-refractivity contribution in [3.8, 4) is 0 Å². The molecule has 0 aliphatic carbocycles. The molecule has 1 heterocycles. The van der Waals surface area contributed by atoms with Gasteiger partial charge in [-0.25, -0.2) is 0 Å². The molecule has 4 nitrogen and oxygen atoms in total. The van der Waals surface area contributed by atoms with Gasteiger partial charge in [-0.05, 0) is 37.7 Å². The molecule has 6 heteroatoms. The lowest BCUT2D eigenvalue weighted by atomic mass is 10.2. The van der Waals surface area contributed by atoms with Crippen LogP contribution < -0.4 is 11.1 Å². The van der Waals surface area contributed by atoms with Crippen molar-refractivity contribution in [1.82, 2.24) is 4.90 Å². The van der Waals surface area contributed by atoms with E-state index < -0.39 is 0 Å². The van der Waals surface area contributed by atoms with Gasteiger partial charge in [-0.3, -0.25) is 4.99 Å². The van der Waals surface area contributed by atoms with Crippen molar-refractivity contribution < 1.29 is 0 Å². The summed E-state index contributed by atoms with van der Waals surface area (Å²) in [7, 11) is 4.11. The van der Waals surface area contributed by atoms with E-state index in [0.29, 0.717) is 12.5 Å². The molecule has 0 spiro atoms. The topological polar surface area (TPSA) is 53.6 Å². The van der Waals surface area contributed by atoms with Crippen LogP contribution >= 0.6 is 28.3 Å². The number of guanidine groups is 1. The Hall–Kier alpha value is -1.37. The molecule has 0 saturated heterocycles. The van der Waals surface area contributed by atoms with Gasteiger partial charge in [0.25, 0.3) is 0 Å². The molecule has 0 bridgehead atoms. The van der Waals surface area contributed by atoms with Crippen molar-refractivity contribution >= 4 is 40.0 Å². The second-order valence-corrected chi connectivity index (χ2v) is 5.69. The van der Waals surface area contributed by atoms with Crippen LogP contribution in [-0.2, 0) is 0 Å². The number of rotatable bonds is 5. The molecule has 1 aromatic heterocycles. The first kappa shape index (κ1) is 17.7. The highest BCUT2D eigenvalue weighted by Gasteiger charge is 2.14. The third-order valence-corrected chi connectivity index (χ3v) is 3.95. The Labute approximate surface area is 140 Å². The van der Waals surface area contributed by atoms with Gasteiger partial charge >= 0.3 is 0 Å². The fourth-order valence-electron chi connectivity index (χ4n) is 1.88. The standard InChI is InChI=1S/C15H20N4S.BrH/c1-19(2)13(14-9-6-10-20-14)11-17-15(16)18-12-7-4-3-5-8-12;/h3-10,13H,11H2,1-2H3,(H3,16,17,18);1H. The zero-order valence-electron chi connectivity index (χ0n) is 12.2. The maximum absolute atomic E-state index is 5.93. The fourth-order valence-corrected chi connectivity index (χ4v) is 2.80. The Balaban J connectivity index is 0.00000220. The molecular formula is C15H21BrN4S. The number of hydrogen-bond donors (Lipinski definition) is 2. The number of para-hydroxylation sites is 1. The number of thiophene rings is 1. The number of nitrogens with zero attached hydrogens (tertiary/aromatic N) is 2. The average molecular weight is 369 g/mol. The third kappa shape index (κ3) is 5.49. The molecule has 0 radical (unpaired) electrons. The Kier molecular flexibility index (Phi) is 7.42. The van der Waals surface area contributed by atoms with E-state index in [1.807, 2.05) is 30.3 Å². The molecule has 0 aliphatic heterocycles. The van der Waals surface area contributed by atoms with Crippen LogP contribution in [0.15, 0.2) is 52.8 Å². The van der Waals surface area contributed by atoms with Crippen LogP contribution in [0.1, 0.15) is 10.9 Å². The predicted molar refractivity (Wildman–Crippen MR) is 97.6 cm³/mol. The number of anilines is 1. The molecular weight excluding hydrogens is 348 g/mol. The normalized spacial score (nSPS) is 12.8. The minimum atomic E-state index is 0. The van der Waals surface area contributed by atoms with Crippen molar-refractivity contribution in [2.24, 2.45) is 10.7 Å². The summed E-state index contributed by atoms with van der Waals surface area (Å²) in [4.78, 5) is 7.90. The largest absolute Gasteiger partial charge is 0.370 e. The van der Waals surface area contributed by atoms with Crippen molar-refractivity contribution in [2.45, 2.75) is 6.04 Å². The monoisotopic (exact) mass is 368 g/mol. The van der Waals surface area contributed by atoms with E-state index in [1.54, 1.807) is 11.3 Å². The van der Waals surface area contributed by atoms with Crippen molar-refractivity contribution in [3.63, 3.8) is 0 Å². The summed E-state index contributed by atoms with van der Waals surface area (Å²) < 4.78 is 0. The summed E-state index contributed by atoms with van der Waals surface area (Å²) in [6, 6.07) is 14.3. The summed E-state index contributed by atoms with van der Waals surface area (Å²) in [5.74, 6) is 0.444. The van der Waals surface area contributed by atoms with Crippen molar-refractivity contribution in [1.29, 1.82) is 0 Å². The minimum Gasteiger partial charge on any atom is -0.370 e. The lowest BCUT2D eigenvalue weighted by Gasteiger charge is -2.21. The first-order valence-corrected chi connectivity index (χ1v) is 7.36. The first-order chi connectivity index (χ1) is 9.66. The zero-order chi connectivity index (χ0) is 14.4. The predicted octanol–water partition coefficient (Wildman–Crippen LogP) is 3.36. The molecule has 0 amide bonds. The maximum atomic E-state index is 5.93. The number of benzene rings is 1. The van der Waals surface area contributed by atoms with Crippen LogP contribution in [0.2, 0.25) is 0 Å². The Morgan fingerprint density at radius 3 is 2.52 bits per heavy atom. The van der Waals surface area contributed by atoms with E-state index >= 15 is 0 Å². The maximum Gasteiger partial charge on any atom is 0.193 e. The second kappa shape index (κ2) is 8.81. The summed E-state index contributed by atoms with van der Waals surface area (Å²) in [5.41, 5.74) is 6.88. The molecule has 114 valence electrons. The molecule has 2 aromatic rings. The molecule has 0 aliphatic rings. The van der Waals surface area contributed by atoms with E-state index in [9.17, 15) is 0 Å². The lowest BCUT2D eigenvalue weighted by Crippen LogP contribution is -2.26. The van der Waals surface area contributed by atoms with Crippen molar-refractivity contribution in [2.75, 3.05) is 26.0 Å². The number of nitrogens with two attached hydrogens (primary N) is 1. The van der Waals surface area contributed by atoms with E-state index in [-0.39, 0.29) is 23.0 Å². The van der Waals surface area contributed by atoms with Gasteiger partial charge in [-0.1, -0.05) is 24.3 Å². The lowest BCUT2D eigenvalue weighted by molar-refractivity contribution is 0.311. The highest BCUT2D eigenvalue weighted by atomic mass is 79.9. The average Bonchev–Trinajstić information content (AvgIpc) is 2.93. The van der Waals surface area contributed by atoms with Crippen LogP contribution in [0.25, 0.3) is 0 Å². The summed E-state index contributed by atoms with van der Waals surface area (Å²) >= 11 is 1.74. The SMILES string of the molecule is Br.CN(C)C(CN=C(N)Nc1ccccc1)c1cccs1. The van der Waals surface area contributed by atoms with Gasteiger partial charge in [-0.2, -0.15) is 0 Å². The molecule has 1 atom stereocenters. The third-order valence-electron chi connectivity index (χ3n) is 2.98. The molecule has 2 rings (SSSR count). The van der Waals surface area contributed by atoms with Crippen molar-refractivity contribution in [3.05, 3.63) is 52.7 Å².